The van der Waals surface area contributed by atoms with E-state index in [2.05, 4.69) is 15.6 Å². The molecule has 1 aliphatic rings. The van der Waals surface area contributed by atoms with Crippen LogP contribution in [0.1, 0.15) is 52.0 Å². The number of nitrogens with zero attached hydrogens (tertiary/aromatic N) is 1. The Balaban J connectivity index is 0.942. The van der Waals surface area contributed by atoms with E-state index in [4.69, 9.17) is 9.47 Å². The minimum atomic E-state index is -1.11. The maximum atomic E-state index is 12.9. The lowest BCUT2D eigenvalue weighted by atomic mass is 9.92. The summed E-state index contributed by atoms with van der Waals surface area (Å²) in [6.45, 7) is 0. The molecule has 0 bridgehead atoms. The van der Waals surface area contributed by atoms with Gasteiger partial charge in [0, 0.05) is 23.9 Å². The van der Waals surface area contributed by atoms with E-state index >= 15 is 0 Å². The number of carboxylic acid groups (broad SMARTS) is 1. The van der Waals surface area contributed by atoms with Crippen LogP contribution < -0.4 is 20.1 Å². The Bertz CT molecular complexity index is 1850. The van der Waals surface area contributed by atoms with Gasteiger partial charge in [-0.3, -0.25) is 9.59 Å². The predicted octanol–water partition coefficient (Wildman–Crippen LogP) is 7.03. The van der Waals surface area contributed by atoms with Gasteiger partial charge < -0.3 is 25.2 Å². The van der Waals surface area contributed by atoms with Gasteiger partial charge in [-0.25, -0.2) is 9.78 Å². The summed E-state index contributed by atoms with van der Waals surface area (Å²) < 4.78 is 12.1. The number of hydrogen-bond acceptors (Lipinski definition) is 6. The van der Waals surface area contributed by atoms with Gasteiger partial charge in [0.25, 0.3) is 5.91 Å². The zero-order valence-corrected chi connectivity index (χ0v) is 25.0. The lowest BCUT2D eigenvalue weighted by Crippen LogP contribution is -2.39. The first-order valence-electron chi connectivity index (χ1n) is 15.2. The Kier molecular flexibility index (Phi) is 9.19. The number of ether oxygens (including phenoxy) is 2. The molecule has 5 aromatic rings. The van der Waals surface area contributed by atoms with Crippen LogP contribution in [0.25, 0.3) is 10.8 Å². The van der Waals surface area contributed by atoms with Crippen LogP contribution in [0.15, 0.2) is 109 Å². The third-order valence-corrected chi connectivity index (χ3v) is 7.96. The number of para-hydroxylation sites is 1. The van der Waals surface area contributed by atoms with Crippen LogP contribution in [0.5, 0.6) is 17.4 Å². The SMILES string of the molecule is O=C(Cc1ccc(Oc2ccc(OC3CCC(NC(=O)c4ccc5ccccc5c4)CC3)cc2)nc1)Nc1ccccc1C(=O)O. The van der Waals surface area contributed by atoms with Crippen LogP contribution >= 0.6 is 0 Å². The van der Waals surface area contributed by atoms with Crippen molar-refractivity contribution < 1.29 is 29.0 Å². The van der Waals surface area contributed by atoms with Gasteiger partial charge in [0.2, 0.25) is 11.8 Å². The summed E-state index contributed by atoms with van der Waals surface area (Å²) in [7, 11) is 0. The average molecular weight is 616 g/mol. The van der Waals surface area contributed by atoms with E-state index in [0.717, 1.165) is 42.2 Å². The first-order chi connectivity index (χ1) is 22.4. The molecule has 0 aliphatic heterocycles. The zero-order valence-electron chi connectivity index (χ0n) is 25.0. The maximum absolute atomic E-state index is 12.9. The summed E-state index contributed by atoms with van der Waals surface area (Å²) in [6.07, 6.45) is 5.06. The van der Waals surface area contributed by atoms with Crippen molar-refractivity contribution in [1.29, 1.82) is 0 Å². The molecule has 9 heteroatoms. The van der Waals surface area contributed by atoms with Gasteiger partial charge in [0.1, 0.15) is 11.5 Å². The maximum Gasteiger partial charge on any atom is 0.337 e. The number of aromatic carboxylic acids is 1. The molecule has 232 valence electrons. The Morgan fingerprint density at radius 3 is 2.24 bits per heavy atom. The number of anilines is 1. The summed E-state index contributed by atoms with van der Waals surface area (Å²) in [5.74, 6) is 0.212. The Morgan fingerprint density at radius 1 is 0.783 bits per heavy atom. The van der Waals surface area contributed by atoms with Crippen molar-refractivity contribution >= 4 is 34.2 Å². The van der Waals surface area contributed by atoms with Gasteiger partial charge in [0.15, 0.2) is 0 Å². The molecular formula is C37H33N3O6. The average Bonchev–Trinajstić information content (AvgIpc) is 3.07. The van der Waals surface area contributed by atoms with Gasteiger partial charge in [-0.2, -0.15) is 0 Å². The molecule has 1 saturated carbocycles. The van der Waals surface area contributed by atoms with E-state index in [9.17, 15) is 19.5 Å². The van der Waals surface area contributed by atoms with Crippen LogP contribution in [-0.4, -0.2) is 40.0 Å². The molecule has 4 aromatic carbocycles. The molecule has 3 N–H and O–H groups in total. The molecule has 1 aliphatic carbocycles. The van der Waals surface area contributed by atoms with E-state index in [0.29, 0.717) is 22.8 Å². The van der Waals surface area contributed by atoms with Gasteiger partial charge in [-0.1, -0.05) is 48.5 Å². The van der Waals surface area contributed by atoms with Crippen molar-refractivity contribution in [2.45, 2.75) is 44.2 Å². The normalized spacial score (nSPS) is 15.9. The van der Waals surface area contributed by atoms with Gasteiger partial charge in [-0.05, 0) is 90.6 Å². The zero-order chi connectivity index (χ0) is 31.9. The van der Waals surface area contributed by atoms with E-state index in [-0.39, 0.29) is 41.6 Å². The van der Waals surface area contributed by atoms with E-state index in [1.807, 2.05) is 66.7 Å². The fourth-order valence-corrected chi connectivity index (χ4v) is 5.56. The van der Waals surface area contributed by atoms with Crippen molar-refractivity contribution in [2.24, 2.45) is 0 Å². The highest BCUT2D eigenvalue weighted by molar-refractivity contribution is 6.01. The summed E-state index contributed by atoms with van der Waals surface area (Å²) >= 11 is 0. The number of aromatic nitrogens is 1. The molecule has 1 heterocycles. The lowest BCUT2D eigenvalue weighted by Gasteiger charge is -2.29. The van der Waals surface area contributed by atoms with E-state index in [1.54, 1.807) is 36.5 Å². The van der Waals surface area contributed by atoms with Crippen LogP contribution in [0.4, 0.5) is 5.69 Å². The first kappa shape index (κ1) is 30.3. The fourth-order valence-electron chi connectivity index (χ4n) is 5.56. The molecule has 0 saturated heterocycles. The molecule has 1 fully saturated rings. The van der Waals surface area contributed by atoms with Crippen molar-refractivity contribution in [3.8, 4) is 17.4 Å². The smallest absolute Gasteiger partial charge is 0.337 e. The Hall–Kier alpha value is -5.70. The van der Waals surface area contributed by atoms with Crippen molar-refractivity contribution in [3.05, 3.63) is 126 Å². The predicted molar refractivity (Wildman–Crippen MR) is 175 cm³/mol. The highest BCUT2D eigenvalue weighted by Gasteiger charge is 2.24. The Morgan fingerprint density at radius 2 is 1.50 bits per heavy atom. The fraction of sp³-hybridized carbons (Fsp3) is 0.189. The lowest BCUT2D eigenvalue weighted by molar-refractivity contribution is -0.115. The molecule has 0 spiro atoms. The number of carbonyl (C=O) groups is 3. The van der Waals surface area contributed by atoms with Gasteiger partial charge in [0.05, 0.1) is 23.8 Å². The van der Waals surface area contributed by atoms with Crippen molar-refractivity contribution in [2.75, 3.05) is 5.32 Å². The number of fused-ring (bicyclic) bond motifs is 1. The van der Waals surface area contributed by atoms with Gasteiger partial charge in [-0.15, -0.1) is 0 Å². The number of pyridine rings is 1. The number of carbonyl (C=O) groups excluding carboxylic acids is 2. The number of amides is 2. The topological polar surface area (TPSA) is 127 Å². The Labute approximate surface area is 266 Å². The molecular weight excluding hydrogens is 582 g/mol. The van der Waals surface area contributed by atoms with Crippen LogP contribution in [0.3, 0.4) is 0 Å². The minimum absolute atomic E-state index is 0.0279. The number of carboxylic acids is 1. The third kappa shape index (κ3) is 7.68. The quantitative estimate of drug-likeness (QED) is 0.154. The van der Waals surface area contributed by atoms with E-state index in [1.165, 1.54) is 6.07 Å². The number of nitrogens with one attached hydrogen (secondary N) is 2. The second-order valence-electron chi connectivity index (χ2n) is 11.3. The van der Waals surface area contributed by atoms with Crippen LogP contribution in [0.2, 0.25) is 0 Å². The largest absolute Gasteiger partial charge is 0.490 e. The highest BCUT2D eigenvalue weighted by Crippen LogP contribution is 2.27. The number of benzene rings is 4. The van der Waals surface area contributed by atoms with Crippen LogP contribution in [-0.2, 0) is 11.2 Å². The standard InChI is InChI=1S/C37H33N3O6/c41-34(40-33-8-4-3-7-32(33)37(43)44)21-24-9-20-35(38-23-24)46-31-18-16-30(17-19-31)45-29-14-12-28(13-15-29)39-36(42)27-11-10-25-5-1-2-6-26(25)22-27/h1-11,16-20,22-23,28-29H,12-15,21H2,(H,39,42)(H,40,41)(H,43,44). The number of hydrogen-bond donors (Lipinski definition) is 3. The molecule has 9 nitrogen and oxygen atoms in total. The van der Waals surface area contributed by atoms with Crippen molar-refractivity contribution in [3.63, 3.8) is 0 Å². The first-order valence-corrected chi connectivity index (χ1v) is 15.2. The third-order valence-electron chi connectivity index (χ3n) is 7.96. The second kappa shape index (κ2) is 13.9. The molecule has 46 heavy (non-hydrogen) atoms. The van der Waals surface area contributed by atoms with E-state index < -0.39 is 5.97 Å². The summed E-state index contributed by atoms with van der Waals surface area (Å²) in [5, 5.41) is 17.3. The molecule has 1 aromatic heterocycles. The molecule has 0 atom stereocenters. The second-order valence-corrected chi connectivity index (χ2v) is 11.3. The highest BCUT2D eigenvalue weighted by atomic mass is 16.5. The summed E-state index contributed by atoms with van der Waals surface area (Å²) in [5.41, 5.74) is 1.60. The molecule has 0 unspecified atom stereocenters. The van der Waals surface area contributed by atoms with Crippen molar-refractivity contribution in [1.82, 2.24) is 10.3 Å². The van der Waals surface area contributed by atoms with Crippen LogP contribution in [0, 0.1) is 0 Å². The minimum Gasteiger partial charge on any atom is -0.490 e. The van der Waals surface area contributed by atoms with Gasteiger partial charge >= 0.3 is 5.97 Å². The molecule has 0 radical (unpaired) electrons. The molecule has 2 amide bonds. The molecule has 6 rings (SSSR count). The summed E-state index contributed by atoms with van der Waals surface area (Å²) in [4.78, 5) is 41.0. The monoisotopic (exact) mass is 615 g/mol. The summed E-state index contributed by atoms with van der Waals surface area (Å²) in [6, 6.07) is 30.9. The number of rotatable bonds is 10.